The first-order valence-corrected chi connectivity index (χ1v) is 16.9. The van der Waals surface area contributed by atoms with Crippen molar-refractivity contribution in [2.24, 2.45) is 10.7 Å². The van der Waals surface area contributed by atoms with Gasteiger partial charge in [-0.2, -0.15) is 23.1 Å². The van der Waals surface area contributed by atoms with Crippen LogP contribution in [0.25, 0.3) is 0 Å². The van der Waals surface area contributed by atoms with Gasteiger partial charge in [0, 0.05) is 57.0 Å². The van der Waals surface area contributed by atoms with Crippen LogP contribution in [-0.2, 0) is 28.7 Å². The van der Waals surface area contributed by atoms with Crippen LogP contribution in [0.1, 0.15) is 61.1 Å². The lowest BCUT2D eigenvalue weighted by molar-refractivity contribution is -0.139. The second kappa shape index (κ2) is 14.0. The van der Waals surface area contributed by atoms with Crippen molar-refractivity contribution >= 4 is 34.7 Å². The minimum atomic E-state index is -4.75. The third-order valence-electron chi connectivity index (χ3n) is 9.95. The van der Waals surface area contributed by atoms with E-state index in [-0.39, 0.29) is 55.0 Å². The first kappa shape index (κ1) is 35.9. The van der Waals surface area contributed by atoms with Crippen molar-refractivity contribution in [2.75, 3.05) is 64.1 Å². The molecule has 0 aliphatic carbocycles. The van der Waals surface area contributed by atoms with E-state index in [1.807, 2.05) is 4.90 Å². The summed E-state index contributed by atoms with van der Waals surface area (Å²) < 4.78 is 68.8. The van der Waals surface area contributed by atoms with Crippen LogP contribution in [0, 0.1) is 0 Å². The Morgan fingerprint density at radius 3 is 2.72 bits per heavy atom. The van der Waals surface area contributed by atoms with E-state index in [4.69, 9.17) is 47.5 Å². The molecule has 1 amide bonds. The topological polar surface area (TPSA) is 135 Å². The number of likely N-dealkylation sites (N-methyl/N-ethyl adjacent to an activating group) is 1. The molecule has 0 bridgehead atoms. The van der Waals surface area contributed by atoms with E-state index >= 15 is 0 Å². The van der Waals surface area contributed by atoms with Gasteiger partial charge < -0.3 is 30.7 Å². The quantitative estimate of drug-likeness (QED) is 0.231. The molecular formula is C34H41ClF4N8O3. The van der Waals surface area contributed by atoms with E-state index in [2.05, 4.69) is 4.90 Å². The SMILES string of the molecule is C/C(C1=NCCCN(c2nc(OC[C@@]34CCCN3C/C(=C\F)C4)nc3c2COC(c2cc(N)cc(Cl)c2C(F)(F)F)C3)C1)=C(/N)C(=O)N(C)C. The summed E-state index contributed by atoms with van der Waals surface area (Å²) in [5.74, 6) is 0.148. The van der Waals surface area contributed by atoms with Crippen molar-refractivity contribution in [1.29, 1.82) is 0 Å². The maximum Gasteiger partial charge on any atom is 0.418 e. The van der Waals surface area contributed by atoms with Crippen molar-refractivity contribution in [3.63, 3.8) is 0 Å². The number of ether oxygens (including phenoxy) is 2. The molecule has 4 aliphatic rings. The van der Waals surface area contributed by atoms with Crippen molar-refractivity contribution in [3.05, 3.63) is 62.7 Å². The Kier molecular flexibility index (Phi) is 10.0. The van der Waals surface area contributed by atoms with Crippen LogP contribution in [-0.4, -0.2) is 90.4 Å². The molecule has 2 atom stereocenters. The number of nitrogen functional groups attached to an aromatic ring is 1. The van der Waals surface area contributed by atoms with Crippen molar-refractivity contribution in [1.82, 2.24) is 19.8 Å². The Morgan fingerprint density at radius 2 is 2.00 bits per heavy atom. The monoisotopic (exact) mass is 720 g/mol. The van der Waals surface area contributed by atoms with Crippen LogP contribution < -0.4 is 21.1 Å². The first-order valence-electron chi connectivity index (χ1n) is 16.5. The number of alkyl halides is 3. The number of carbonyl (C=O) groups excluding carboxylic acids is 1. The average Bonchev–Trinajstić information content (AvgIpc) is 3.51. The van der Waals surface area contributed by atoms with Gasteiger partial charge in [0.05, 0.1) is 53.1 Å². The Hall–Kier alpha value is -3.95. The van der Waals surface area contributed by atoms with E-state index < -0.39 is 28.4 Å². The van der Waals surface area contributed by atoms with Crippen molar-refractivity contribution in [3.8, 4) is 6.01 Å². The molecule has 6 rings (SSSR count). The first-order chi connectivity index (χ1) is 23.7. The molecule has 0 saturated carbocycles. The van der Waals surface area contributed by atoms with Gasteiger partial charge in [0.2, 0.25) is 0 Å². The number of fused-ring (bicyclic) bond motifs is 2. The molecule has 1 aromatic carbocycles. The number of carbonyl (C=O) groups is 1. The normalized spacial score (nSPS) is 24.0. The smallest absolute Gasteiger partial charge is 0.418 e. The van der Waals surface area contributed by atoms with Gasteiger partial charge in [-0.3, -0.25) is 14.7 Å². The summed E-state index contributed by atoms with van der Waals surface area (Å²) >= 11 is 6.09. The highest BCUT2D eigenvalue weighted by Crippen LogP contribution is 2.45. The zero-order chi connectivity index (χ0) is 36.0. The lowest BCUT2D eigenvalue weighted by Crippen LogP contribution is -2.43. The maximum absolute atomic E-state index is 14.2. The fourth-order valence-electron chi connectivity index (χ4n) is 7.37. The molecule has 2 aromatic rings. The van der Waals surface area contributed by atoms with Crippen LogP contribution in [0.15, 0.2) is 40.3 Å². The standard InChI is InChI=1S/C34H41ClF4N8O3/c1-19(29(41)31(48)45(2)3)26-16-46(8-5-7-42-26)30-23-17-49-27(22-10-21(40)11-24(35)28(22)34(37,38)39)12-25(23)43-32(44-30)50-18-33-6-4-9-47(33)15-20(13-33)14-36/h10-11,14,27H,4-9,12-13,15-18,40-41H2,1-3H3/b20-14-,29-19-/t27?,33-/m0/s1. The molecule has 4 N–H and O–H groups in total. The number of hydrogen-bond acceptors (Lipinski definition) is 10. The van der Waals surface area contributed by atoms with Gasteiger partial charge in [-0.15, -0.1) is 0 Å². The van der Waals surface area contributed by atoms with Crippen molar-refractivity contribution < 1.29 is 31.8 Å². The van der Waals surface area contributed by atoms with E-state index in [0.29, 0.717) is 72.7 Å². The van der Waals surface area contributed by atoms with Gasteiger partial charge in [-0.05, 0) is 62.4 Å². The largest absolute Gasteiger partial charge is 0.461 e. The number of nitrogens with two attached hydrogens (primary N) is 2. The van der Waals surface area contributed by atoms with Gasteiger partial charge >= 0.3 is 12.2 Å². The minimum absolute atomic E-state index is 0.0336. The van der Waals surface area contributed by atoms with Gasteiger partial charge in [-0.1, -0.05) is 11.6 Å². The minimum Gasteiger partial charge on any atom is -0.461 e. The summed E-state index contributed by atoms with van der Waals surface area (Å²) in [7, 11) is 3.23. The predicted molar refractivity (Wildman–Crippen MR) is 182 cm³/mol. The van der Waals surface area contributed by atoms with Gasteiger partial charge in [0.1, 0.15) is 18.1 Å². The molecule has 16 heteroatoms. The van der Waals surface area contributed by atoms with Crippen LogP contribution in [0.5, 0.6) is 6.01 Å². The number of nitrogens with zero attached hydrogens (tertiary/aromatic N) is 6. The number of amides is 1. The molecule has 2 fully saturated rings. The molecule has 270 valence electrons. The Morgan fingerprint density at radius 1 is 1.22 bits per heavy atom. The lowest BCUT2D eigenvalue weighted by atomic mass is 9.94. The predicted octanol–water partition coefficient (Wildman–Crippen LogP) is 4.99. The molecule has 4 aliphatic heterocycles. The molecule has 50 heavy (non-hydrogen) atoms. The number of rotatable bonds is 7. The highest BCUT2D eigenvalue weighted by molar-refractivity contribution is 6.31. The number of aliphatic imine (C=N–C) groups is 1. The van der Waals surface area contributed by atoms with E-state index in [1.165, 1.54) is 11.0 Å². The molecule has 1 unspecified atom stereocenters. The van der Waals surface area contributed by atoms with E-state index in [9.17, 15) is 22.4 Å². The zero-order valence-corrected chi connectivity index (χ0v) is 29.0. The highest BCUT2D eigenvalue weighted by Gasteiger charge is 2.47. The number of hydrogen-bond donors (Lipinski definition) is 2. The van der Waals surface area contributed by atoms with Crippen molar-refractivity contribution in [2.45, 2.75) is 63.5 Å². The second-order valence-electron chi connectivity index (χ2n) is 13.5. The highest BCUT2D eigenvalue weighted by atomic mass is 35.5. The summed E-state index contributed by atoms with van der Waals surface area (Å²) in [6.07, 6.45) is -2.23. The van der Waals surface area contributed by atoms with Gasteiger partial charge in [0.25, 0.3) is 5.91 Å². The zero-order valence-electron chi connectivity index (χ0n) is 28.2. The summed E-state index contributed by atoms with van der Waals surface area (Å²) in [5.41, 5.74) is 13.7. The number of anilines is 2. The summed E-state index contributed by atoms with van der Waals surface area (Å²) in [5, 5.41) is -0.514. The molecule has 1 aromatic heterocycles. The average molecular weight is 721 g/mol. The fourth-order valence-corrected chi connectivity index (χ4v) is 7.71. The summed E-state index contributed by atoms with van der Waals surface area (Å²) in [6.45, 7) is 4.49. The van der Waals surface area contributed by atoms with Crippen LogP contribution >= 0.6 is 11.6 Å². The molecule has 0 spiro atoms. The van der Waals surface area contributed by atoms with Crippen LogP contribution in [0.4, 0.5) is 29.1 Å². The fraction of sp³-hybridized carbons (Fsp3) is 0.529. The molecular weight excluding hydrogens is 680 g/mol. The number of benzene rings is 1. The molecule has 5 heterocycles. The third kappa shape index (κ3) is 6.99. The van der Waals surface area contributed by atoms with E-state index in [1.54, 1.807) is 21.0 Å². The molecule has 0 radical (unpaired) electrons. The third-order valence-corrected chi connectivity index (χ3v) is 10.2. The Balaban J connectivity index is 1.38. The van der Waals surface area contributed by atoms with Crippen LogP contribution in [0.3, 0.4) is 0 Å². The van der Waals surface area contributed by atoms with E-state index in [0.717, 1.165) is 25.5 Å². The maximum atomic E-state index is 14.2. The number of halogens is 5. The Labute approximate surface area is 292 Å². The molecule has 2 saturated heterocycles. The summed E-state index contributed by atoms with van der Waals surface area (Å²) in [6, 6.07) is 2.36. The molecule has 11 nitrogen and oxygen atoms in total. The second-order valence-corrected chi connectivity index (χ2v) is 14.0. The Bertz CT molecular complexity index is 1760. The number of aromatic nitrogens is 2. The lowest BCUT2D eigenvalue weighted by Gasteiger charge is -2.33. The van der Waals surface area contributed by atoms with Crippen LogP contribution in [0.2, 0.25) is 5.02 Å². The van der Waals surface area contributed by atoms with Gasteiger partial charge in [-0.25, -0.2) is 4.39 Å². The summed E-state index contributed by atoms with van der Waals surface area (Å²) in [4.78, 5) is 32.6. The van der Waals surface area contributed by atoms with Gasteiger partial charge in [0.15, 0.2) is 0 Å².